The zero-order valence-corrected chi connectivity index (χ0v) is 8.59. The third-order valence-corrected chi connectivity index (χ3v) is 2.86. The highest BCUT2D eigenvalue weighted by molar-refractivity contribution is 6.47. The summed E-state index contributed by atoms with van der Waals surface area (Å²) >= 11 is 0. The zero-order chi connectivity index (χ0) is 11.6. The summed E-state index contributed by atoms with van der Waals surface area (Å²) in [5, 5.41) is 16.0. The van der Waals surface area contributed by atoms with Crippen LogP contribution >= 0.6 is 0 Å². The van der Waals surface area contributed by atoms with E-state index in [4.69, 9.17) is 10.2 Å². The van der Waals surface area contributed by atoms with Gasteiger partial charge in [-0.05, 0) is 6.07 Å². The Morgan fingerprint density at radius 3 is 2.20 bits per heavy atom. The van der Waals surface area contributed by atoms with Gasteiger partial charge in [-0.15, -0.1) is 0 Å². The Hall–Kier alpha value is -0.963. The van der Waals surface area contributed by atoms with E-state index in [1.54, 1.807) is 0 Å². The first-order chi connectivity index (χ1) is 6.93. The molecule has 1 rings (SSSR count). The van der Waals surface area contributed by atoms with Gasteiger partial charge < -0.3 is 14.6 Å². The third kappa shape index (κ3) is 2.75. The van der Waals surface area contributed by atoms with Crippen molar-refractivity contribution in [2.75, 3.05) is 0 Å². The lowest BCUT2D eigenvalue weighted by molar-refractivity contribution is -0.179. The second-order valence-corrected chi connectivity index (χ2v) is 3.98. The normalized spacial score (nSPS) is 11.9. The van der Waals surface area contributed by atoms with Crippen LogP contribution in [0.5, 0.6) is 0 Å². The molecule has 0 fully saturated rings. The number of aliphatic hydroxyl groups is 2. The molecule has 1 aromatic carbocycles. The molecule has 84 valence electrons. The second kappa shape index (κ2) is 4.70. The van der Waals surface area contributed by atoms with E-state index in [1.165, 1.54) is 0 Å². The number of aliphatic hydroxyl groups excluding tert-OH is 1. The van der Waals surface area contributed by atoms with E-state index in [2.05, 4.69) is 4.43 Å². The zero-order valence-electron chi connectivity index (χ0n) is 7.18. The van der Waals surface area contributed by atoms with Crippen molar-refractivity contribution >= 4 is 14.9 Å². The van der Waals surface area contributed by atoms with Gasteiger partial charge in [0, 0.05) is 5.19 Å². The van der Waals surface area contributed by atoms with Gasteiger partial charge in [-0.3, -0.25) is 0 Å². The van der Waals surface area contributed by atoms with Gasteiger partial charge in [0.15, 0.2) is 23.3 Å². The number of halogens is 4. The minimum atomic E-state index is -2.15. The van der Waals surface area contributed by atoms with Crippen LogP contribution < -0.4 is 5.19 Å². The molecule has 15 heavy (non-hydrogen) atoms. The number of hydrogen-bond acceptors (Lipinski definition) is 3. The fraction of sp³-hybridized carbons (Fsp3) is 0.143. The lowest BCUT2D eigenvalue weighted by Gasteiger charge is -2.07. The van der Waals surface area contributed by atoms with Crippen LogP contribution in [0.2, 0.25) is 0 Å². The second-order valence-electron chi connectivity index (χ2n) is 2.60. The summed E-state index contributed by atoms with van der Waals surface area (Å²) in [5.41, 5.74) is 0. The molecule has 0 aromatic heterocycles. The Morgan fingerprint density at radius 2 is 1.67 bits per heavy atom. The molecule has 0 aliphatic rings. The number of rotatable bonds is 3. The van der Waals surface area contributed by atoms with Gasteiger partial charge in [0.05, 0.1) is 0 Å². The average Bonchev–Trinajstić information content (AvgIpc) is 2.18. The molecule has 0 bridgehead atoms. The van der Waals surface area contributed by atoms with Crippen molar-refractivity contribution in [1.82, 2.24) is 0 Å². The highest BCUT2D eigenvalue weighted by atomic mass is 28.2. The predicted octanol–water partition coefficient (Wildman–Crippen LogP) is -0.763. The molecule has 0 saturated heterocycles. The third-order valence-electron chi connectivity index (χ3n) is 1.57. The van der Waals surface area contributed by atoms with Gasteiger partial charge in [-0.25, -0.2) is 17.6 Å². The molecule has 3 nitrogen and oxygen atoms in total. The van der Waals surface area contributed by atoms with Crippen molar-refractivity contribution in [3.63, 3.8) is 0 Å². The highest BCUT2D eigenvalue weighted by Gasteiger charge is 2.19. The molecule has 0 aliphatic carbocycles. The Balaban J connectivity index is 2.99. The average molecular weight is 242 g/mol. The van der Waals surface area contributed by atoms with E-state index in [0.29, 0.717) is 6.07 Å². The summed E-state index contributed by atoms with van der Waals surface area (Å²) in [4.78, 5) is 0. The first-order valence-electron chi connectivity index (χ1n) is 3.73. The molecule has 0 heterocycles. The van der Waals surface area contributed by atoms with E-state index >= 15 is 0 Å². The van der Waals surface area contributed by atoms with Crippen LogP contribution in [0.4, 0.5) is 17.6 Å². The first kappa shape index (κ1) is 12.1. The van der Waals surface area contributed by atoms with E-state index in [1.807, 2.05) is 0 Å². The Kier molecular flexibility index (Phi) is 3.80. The summed E-state index contributed by atoms with van der Waals surface area (Å²) in [5.74, 6) is -6.96. The van der Waals surface area contributed by atoms with Crippen molar-refractivity contribution in [3.8, 4) is 0 Å². The molecule has 8 heteroatoms. The SMILES string of the molecule is OC(O)O[SiH2]c1cc(F)c(F)c(F)c1F. The molecule has 0 spiro atoms. The van der Waals surface area contributed by atoms with Crippen molar-refractivity contribution in [1.29, 1.82) is 0 Å². The van der Waals surface area contributed by atoms with E-state index in [0.717, 1.165) is 0 Å². The lowest BCUT2D eigenvalue weighted by atomic mass is 10.3. The minimum absolute atomic E-state index is 0.433. The lowest BCUT2D eigenvalue weighted by Crippen LogP contribution is -2.28. The van der Waals surface area contributed by atoms with Crippen LogP contribution in [0.3, 0.4) is 0 Å². The summed E-state index contributed by atoms with van der Waals surface area (Å²) in [6.45, 7) is -2.15. The van der Waals surface area contributed by atoms with Crippen molar-refractivity contribution in [3.05, 3.63) is 29.3 Å². The molecule has 0 amide bonds. The van der Waals surface area contributed by atoms with Crippen LogP contribution in [0.15, 0.2) is 6.07 Å². The Morgan fingerprint density at radius 1 is 1.07 bits per heavy atom. The summed E-state index contributed by atoms with van der Waals surface area (Å²) in [6, 6.07) is 0.433. The predicted molar refractivity (Wildman–Crippen MR) is 43.8 cm³/mol. The van der Waals surface area contributed by atoms with Crippen LogP contribution in [0.1, 0.15) is 0 Å². The molecule has 0 unspecified atom stereocenters. The molecule has 2 N–H and O–H groups in total. The van der Waals surface area contributed by atoms with Crippen LogP contribution in [0, 0.1) is 23.3 Å². The molecular formula is C7H6F4O3Si. The van der Waals surface area contributed by atoms with Crippen LogP contribution in [-0.4, -0.2) is 26.5 Å². The van der Waals surface area contributed by atoms with Gasteiger partial charge in [-0.1, -0.05) is 0 Å². The van der Waals surface area contributed by atoms with Gasteiger partial charge >= 0.3 is 0 Å². The maximum atomic E-state index is 12.9. The Bertz CT molecular complexity index is 372. The molecular weight excluding hydrogens is 236 g/mol. The largest absolute Gasteiger partial charge is 0.373 e. The molecule has 0 atom stereocenters. The Labute approximate surface area is 83.9 Å². The fourth-order valence-electron chi connectivity index (χ4n) is 0.891. The van der Waals surface area contributed by atoms with Crippen LogP contribution in [-0.2, 0) is 4.43 Å². The topological polar surface area (TPSA) is 49.7 Å². The van der Waals surface area contributed by atoms with E-state index in [9.17, 15) is 17.6 Å². The molecule has 0 aliphatic heterocycles. The summed E-state index contributed by atoms with van der Waals surface area (Å²) in [7, 11) is -2.07. The minimum Gasteiger partial charge on any atom is -0.373 e. The van der Waals surface area contributed by atoms with Crippen molar-refractivity contribution < 1.29 is 32.2 Å². The van der Waals surface area contributed by atoms with Crippen molar-refractivity contribution in [2.45, 2.75) is 6.48 Å². The highest BCUT2D eigenvalue weighted by Crippen LogP contribution is 2.11. The van der Waals surface area contributed by atoms with Gasteiger partial charge in [0.25, 0.3) is 6.48 Å². The molecule has 1 aromatic rings. The molecule has 0 saturated carbocycles. The quantitative estimate of drug-likeness (QED) is 0.241. The molecule has 0 radical (unpaired) electrons. The van der Waals surface area contributed by atoms with E-state index < -0.39 is 44.7 Å². The number of benzene rings is 1. The summed E-state index contributed by atoms with van der Waals surface area (Å²) in [6.07, 6.45) is 0. The number of hydrogen-bond donors (Lipinski definition) is 2. The van der Waals surface area contributed by atoms with Gasteiger partial charge in [0.2, 0.25) is 9.76 Å². The smallest absolute Gasteiger partial charge is 0.256 e. The van der Waals surface area contributed by atoms with Crippen molar-refractivity contribution in [2.24, 2.45) is 0 Å². The van der Waals surface area contributed by atoms with Gasteiger partial charge in [0.1, 0.15) is 0 Å². The van der Waals surface area contributed by atoms with E-state index in [-0.39, 0.29) is 0 Å². The maximum Gasteiger partial charge on any atom is 0.256 e. The maximum absolute atomic E-state index is 12.9. The standard InChI is InChI=1S/C7H6F4O3Si/c8-2-1-3(15-14-7(12)13)5(10)6(11)4(2)9/h1,7,12-13H,15H2. The van der Waals surface area contributed by atoms with Gasteiger partial charge in [-0.2, -0.15) is 0 Å². The van der Waals surface area contributed by atoms with Crippen LogP contribution in [0.25, 0.3) is 0 Å². The fourth-order valence-corrected chi connectivity index (χ4v) is 1.76. The first-order valence-corrected chi connectivity index (χ1v) is 5.01. The monoisotopic (exact) mass is 242 g/mol. The summed E-state index contributed by atoms with van der Waals surface area (Å²) < 4.78 is 54.8.